The largest absolute Gasteiger partial charge is 0.452 e. The van der Waals surface area contributed by atoms with Crippen LogP contribution in [0, 0.1) is 10.1 Å². The monoisotopic (exact) mass is 479 g/mol. The molecule has 34 heavy (non-hydrogen) atoms. The van der Waals surface area contributed by atoms with Gasteiger partial charge in [-0.2, -0.15) is 0 Å². The van der Waals surface area contributed by atoms with Gasteiger partial charge in [-0.05, 0) is 41.5 Å². The Kier molecular flexibility index (Phi) is 8.09. The first kappa shape index (κ1) is 24.1. The second-order valence-electron chi connectivity index (χ2n) is 6.86. The Morgan fingerprint density at radius 2 is 1.50 bits per heavy atom. The minimum atomic E-state index is -0.779. The highest BCUT2D eigenvalue weighted by Gasteiger charge is 2.16. The standard InChI is InChI=1S/C24H18ClN3O6/c25-19-10-6-17(7-11-19)21(14-16-4-2-1-3-5-16)24(31)34-15-22(29)26-27-23(30)18-8-12-20(13-9-18)28(32)33/h1-14H,15H2,(H,26,29)(H,27,30)/b21-14+. The molecule has 2 N–H and O–H groups in total. The van der Waals surface area contributed by atoms with Crippen LogP contribution in [0.2, 0.25) is 5.02 Å². The second kappa shape index (κ2) is 11.4. The third kappa shape index (κ3) is 6.75. The van der Waals surface area contributed by atoms with Crippen LogP contribution in [0.1, 0.15) is 21.5 Å². The number of halogens is 1. The molecule has 3 aromatic rings. The number of esters is 1. The number of benzene rings is 3. The molecule has 0 spiro atoms. The number of nitro benzene ring substituents is 1. The number of amides is 2. The van der Waals surface area contributed by atoms with Gasteiger partial charge >= 0.3 is 5.97 Å². The molecule has 0 aliphatic heterocycles. The molecule has 0 aliphatic rings. The smallest absolute Gasteiger partial charge is 0.339 e. The number of ether oxygens (including phenoxy) is 1. The lowest BCUT2D eigenvalue weighted by Crippen LogP contribution is -2.43. The third-order valence-corrected chi connectivity index (χ3v) is 4.73. The fourth-order valence-electron chi connectivity index (χ4n) is 2.78. The molecular formula is C24H18ClN3O6. The Labute approximate surface area is 199 Å². The maximum atomic E-state index is 12.7. The minimum Gasteiger partial charge on any atom is -0.452 e. The lowest BCUT2D eigenvalue weighted by atomic mass is 10.0. The number of nitrogens with one attached hydrogen (secondary N) is 2. The average Bonchev–Trinajstić information content (AvgIpc) is 2.85. The van der Waals surface area contributed by atoms with Crippen LogP contribution in [0.4, 0.5) is 5.69 Å². The molecule has 3 aromatic carbocycles. The van der Waals surface area contributed by atoms with Crippen molar-refractivity contribution in [2.24, 2.45) is 0 Å². The normalized spacial score (nSPS) is 10.8. The van der Waals surface area contributed by atoms with Crippen molar-refractivity contribution in [3.8, 4) is 0 Å². The number of carbonyl (C=O) groups excluding carboxylic acids is 3. The molecule has 0 atom stereocenters. The Balaban J connectivity index is 1.60. The van der Waals surface area contributed by atoms with Gasteiger partial charge in [0.05, 0.1) is 10.5 Å². The lowest BCUT2D eigenvalue weighted by molar-refractivity contribution is -0.384. The fraction of sp³-hybridized carbons (Fsp3) is 0.0417. The van der Waals surface area contributed by atoms with Crippen molar-refractivity contribution in [1.29, 1.82) is 0 Å². The number of non-ortho nitro benzene ring substituents is 1. The van der Waals surface area contributed by atoms with Gasteiger partial charge in [0.2, 0.25) is 0 Å². The van der Waals surface area contributed by atoms with Gasteiger partial charge in [-0.25, -0.2) is 4.79 Å². The lowest BCUT2D eigenvalue weighted by Gasteiger charge is -2.10. The number of rotatable bonds is 7. The summed E-state index contributed by atoms with van der Waals surface area (Å²) in [5.41, 5.74) is 5.71. The van der Waals surface area contributed by atoms with Crippen LogP contribution in [0.15, 0.2) is 78.9 Å². The summed E-state index contributed by atoms with van der Waals surface area (Å²) < 4.78 is 5.12. The molecule has 9 nitrogen and oxygen atoms in total. The SMILES string of the molecule is O=C(COC(=O)/C(=C/c1ccccc1)c1ccc(Cl)cc1)NNC(=O)c1ccc([N+](=O)[O-])cc1. The molecule has 0 saturated carbocycles. The van der Waals surface area contributed by atoms with Gasteiger partial charge in [0.25, 0.3) is 17.5 Å². The van der Waals surface area contributed by atoms with Crippen LogP contribution in [-0.2, 0) is 14.3 Å². The number of carbonyl (C=O) groups is 3. The van der Waals surface area contributed by atoms with E-state index in [2.05, 4.69) is 10.9 Å². The summed E-state index contributed by atoms with van der Waals surface area (Å²) in [5.74, 6) is -2.22. The van der Waals surface area contributed by atoms with Gasteiger partial charge in [-0.15, -0.1) is 0 Å². The molecule has 0 unspecified atom stereocenters. The van der Waals surface area contributed by atoms with Crippen LogP contribution in [0.3, 0.4) is 0 Å². The number of nitro groups is 1. The summed E-state index contributed by atoms with van der Waals surface area (Å²) >= 11 is 5.93. The third-order valence-electron chi connectivity index (χ3n) is 4.48. The zero-order chi connectivity index (χ0) is 24.5. The van der Waals surface area contributed by atoms with E-state index in [0.29, 0.717) is 10.6 Å². The summed E-state index contributed by atoms with van der Waals surface area (Å²) in [6.45, 7) is -0.654. The first-order valence-electron chi connectivity index (χ1n) is 9.87. The van der Waals surface area contributed by atoms with Gasteiger partial charge in [0.1, 0.15) is 0 Å². The molecule has 0 radical (unpaired) electrons. The molecule has 0 bridgehead atoms. The summed E-state index contributed by atoms with van der Waals surface area (Å²) in [5, 5.41) is 11.2. The van der Waals surface area contributed by atoms with E-state index in [1.807, 2.05) is 30.3 Å². The number of hydrogen-bond acceptors (Lipinski definition) is 6. The first-order chi connectivity index (χ1) is 16.3. The topological polar surface area (TPSA) is 128 Å². The molecule has 0 saturated heterocycles. The quantitative estimate of drug-likeness (QED) is 0.174. The Morgan fingerprint density at radius 3 is 2.12 bits per heavy atom. The Morgan fingerprint density at radius 1 is 0.882 bits per heavy atom. The molecule has 172 valence electrons. The van der Waals surface area contributed by atoms with E-state index in [4.69, 9.17) is 16.3 Å². The molecule has 0 fully saturated rings. The van der Waals surface area contributed by atoms with Gasteiger partial charge in [0, 0.05) is 22.7 Å². The Hall–Kier alpha value is -4.50. The molecule has 3 rings (SSSR count). The van der Waals surface area contributed by atoms with Gasteiger partial charge in [0.15, 0.2) is 6.61 Å². The van der Waals surface area contributed by atoms with Crippen molar-refractivity contribution in [2.45, 2.75) is 0 Å². The van der Waals surface area contributed by atoms with Crippen LogP contribution < -0.4 is 10.9 Å². The molecule has 2 amide bonds. The molecule has 0 heterocycles. The van der Waals surface area contributed by atoms with E-state index >= 15 is 0 Å². The summed E-state index contributed by atoms with van der Waals surface area (Å²) in [6.07, 6.45) is 1.62. The predicted molar refractivity (Wildman–Crippen MR) is 125 cm³/mol. The van der Waals surface area contributed by atoms with Crippen molar-refractivity contribution < 1.29 is 24.0 Å². The van der Waals surface area contributed by atoms with Gasteiger partial charge in [-0.3, -0.25) is 30.6 Å². The highest BCUT2D eigenvalue weighted by molar-refractivity contribution is 6.30. The van der Waals surface area contributed by atoms with Crippen LogP contribution in [0.5, 0.6) is 0 Å². The highest BCUT2D eigenvalue weighted by Crippen LogP contribution is 2.22. The van der Waals surface area contributed by atoms with Gasteiger partial charge in [-0.1, -0.05) is 54.1 Å². The van der Waals surface area contributed by atoms with Crippen molar-refractivity contribution in [2.75, 3.05) is 6.61 Å². The van der Waals surface area contributed by atoms with E-state index in [1.54, 1.807) is 30.3 Å². The van der Waals surface area contributed by atoms with Crippen LogP contribution >= 0.6 is 11.6 Å². The van der Waals surface area contributed by atoms with Crippen LogP contribution in [0.25, 0.3) is 11.6 Å². The molecule has 0 aromatic heterocycles. The Bertz CT molecular complexity index is 1230. The molecule has 10 heteroatoms. The van der Waals surface area contributed by atoms with Crippen molar-refractivity contribution >= 4 is 46.7 Å². The minimum absolute atomic E-state index is 0.0960. The van der Waals surface area contributed by atoms with Crippen molar-refractivity contribution in [3.63, 3.8) is 0 Å². The van der Waals surface area contributed by atoms with Crippen molar-refractivity contribution in [3.05, 3.63) is 111 Å². The molecular weight excluding hydrogens is 462 g/mol. The maximum absolute atomic E-state index is 12.7. The molecule has 0 aliphatic carbocycles. The fourth-order valence-corrected chi connectivity index (χ4v) is 2.91. The summed E-state index contributed by atoms with van der Waals surface area (Å²) in [7, 11) is 0. The van der Waals surface area contributed by atoms with Crippen LogP contribution in [-0.4, -0.2) is 29.3 Å². The highest BCUT2D eigenvalue weighted by atomic mass is 35.5. The summed E-state index contributed by atoms with van der Waals surface area (Å²) in [6, 6.07) is 20.5. The predicted octanol–water partition coefficient (Wildman–Crippen LogP) is 3.79. The van der Waals surface area contributed by atoms with E-state index in [-0.39, 0.29) is 16.8 Å². The average molecular weight is 480 g/mol. The number of nitrogens with zero attached hydrogens (tertiary/aromatic N) is 1. The first-order valence-corrected chi connectivity index (χ1v) is 10.2. The van der Waals surface area contributed by atoms with E-state index in [9.17, 15) is 24.5 Å². The number of hydrogen-bond donors (Lipinski definition) is 2. The number of hydrazine groups is 1. The van der Waals surface area contributed by atoms with E-state index in [1.165, 1.54) is 12.1 Å². The van der Waals surface area contributed by atoms with E-state index < -0.39 is 29.3 Å². The van der Waals surface area contributed by atoms with E-state index in [0.717, 1.165) is 17.7 Å². The van der Waals surface area contributed by atoms with Crippen molar-refractivity contribution in [1.82, 2.24) is 10.9 Å². The maximum Gasteiger partial charge on any atom is 0.339 e. The van der Waals surface area contributed by atoms with Gasteiger partial charge < -0.3 is 4.74 Å². The zero-order valence-electron chi connectivity index (χ0n) is 17.6. The summed E-state index contributed by atoms with van der Waals surface area (Å²) in [4.78, 5) is 46.9. The second-order valence-corrected chi connectivity index (χ2v) is 7.29. The zero-order valence-corrected chi connectivity index (χ0v) is 18.3.